The van der Waals surface area contributed by atoms with Crippen molar-refractivity contribution in [2.75, 3.05) is 39.3 Å². The molecule has 1 unspecified atom stereocenters. The van der Waals surface area contributed by atoms with Crippen LogP contribution in [0.3, 0.4) is 0 Å². The van der Waals surface area contributed by atoms with Crippen molar-refractivity contribution in [1.29, 1.82) is 0 Å². The summed E-state index contributed by atoms with van der Waals surface area (Å²) in [6, 6.07) is -0.0600. The molecule has 1 saturated heterocycles. The topological polar surface area (TPSA) is 66.0 Å². The number of nitrogens with zero attached hydrogens (tertiary/aromatic N) is 2. The molecule has 0 radical (unpaired) electrons. The van der Waals surface area contributed by atoms with E-state index in [4.69, 9.17) is 4.74 Å². The highest BCUT2D eigenvalue weighted by atomic mass is 19.4. The molecule has 140 valence electrons. The zero-order valence-corrected chi connectivity index (χ0v) is 14.3. The summed E-state index contributed by atoms with van der Waals surface area (Å²) in [7, 11) is 0. The van der Waals surface area contributed by atoms with Crippen molar-refractivity contribution in [3.63, 3.8) is 0 Å². The average Bonchev–Trinajstić information content (AvgIpc) is 2.89. The summed E-state index contributed by atoms with van der Waals surface area (Å²) in [6.07, 6.45) is -2.65. The second-order valence-electron chi connectivity index (χ2n) is 5.65. The van der Waals surface area contributed by atoms with E-state index < -0.39 is 12.7 Å². The molecule has 0 amide bonds. The van der Waals surface area contributed by atoms with Crippen LogP contribution in [0.2, 0.25) is 0 Å². The molecule has 1 fully saturated rings. The van der Waals surface area contributed by atoms with Crippen LogP contribution in [0.25, 0.3) is 0 Å². The van der Waals surface area contributed by atoms with Crippen LogP contribution in [-0.2, 0) is 9.53 Å². The summed E-state index contributed by atoms with van der Waals surface area (Å²) in [5, 5.41) is 6.23. The van der Waals surface area contributed by atoms with Gasteiger partial charge in [-0.05, 0) is 26.7 Å². The second kappa shape index (κ2) is 10.4. The van der Waals surface area contributed by atoms with Crippen molar-refractivity contribution in [2.24, 2.45) is 4.99 Å². The molecule has 1 rings (SSSR count). The molecule has 1 atom stereocenters. The Hall–Kier alpha value is -1.51. The number of ether oxygens (including phenoxy) is 1. The van der Waals surface area contributed by atoms with Crippen molar-refractivity contribution >= 4 is 11.9 Å². The first-order valence-electron chi connectivity index (χ1n) is 8.33. The molecule has 9 heteroatoms. The predicted octanol–water partition coefficient (Wildman–Crippen LogP) is 1.52. The second-order valence-corrected chi connectivity index (χ2v) is 5.65. The molecule has 1 aliphatic rings. The highest BCUT2D eigenvalue weighted by Crippen LogP contribution is 2.19. The fourth-order valence-corrected chi connectivity index (χ4v) is 2.51. The molecular formula is C15H27F3N4O2. The summed E-state index contributed by atoms with van der Waals surface area (Å²) in [6.45, 7) is 5.02. The Morgan fingerprint density at radius 1 is 1.38 bits per heavy atom. The Morgan fingerprint density at radius 2 is 2.12 bits per heavy atom. The van der Waals surface area contributed by atoms with Crippen molar-refractivity contribution in [3.8, 4) is 0 Å². The molecule has 0 aromatic carbocycles. The lowest BCUT2D eigenvalue weighted by Gasteiger charge is -2.19. The molecular weight excluding hydrogens is 325 g/mol. The van der Waals surface area contributed by atoms with E-state index in [1.165, 1.54) is 4.90 Å². The number of carbonyl (C=O) groups is 1. The third-order valence-corrected chi connectivity index (χ3v) is 3.47. The van der Waals surface area contributed by atoms with Gasteiger partial charge in [-0.15, -0.1) is 0 Å². The minimum absolute atomic E-state index is 0.0600. The van der Waals surface area contributed by atoms with Crippen LogP contribution in [-0.4, -0.2) is 68.4 Å². The molecule has 0 aromatic heterocycles. The van der Waals surface area contributed by atoms with Crippen molar-refractivity contribution in [1.82, 2.24) is 15.5 Å². The monoisotopic (exact) mass is 352 g/mol. The fourth-order valence-electron chi connectivity index (χ4n) is 2.51. The lowest BCUT2D eigenvalue weighted by Crippen LogP contribution is -2.45. The molecule has 2 N–H and O–H groups in total. The highest BCUT2D eigenvalue weighted by Gasteiger charge is 2.34. The lowest BCUT2D eigenvalue weighted by molar-refractivity contribution is -0.144. The normalized spacial score (nSPS) is 19.4. The summed E-state index contributed by atoms with van der Waals surface area (Å²) in [5.41, 5.74) is 0. The van der Waals surface area contributed by atoms with Crippen LogP contribution in [0.1, 0.15) is 33.1 Å². The van der Waals surface area contributed by atoms with E-state index in [0.29, 0.717) is 58.0 Å². The van der Waals surface area contributed by atoms with Crippen LogP contribution in [0.5, 0.6) is 0 Å². The molecule has 24 heavy (non-hydrogen) atoms. The standard InChI is InChI=1S/C15H27F3N4O2/c1-3-19-14(20-8-5-6-13(23)24-4-2)21-12-7-9-22(10-12)11-15(16,17)18/h12H,3-11H2,1-2H3,(H2,19,20,21). The van der Waals surface area contributed by atoms with Gasteiger partial charge in [0.1, 0.15) is 0 Å². The Bertz CT molecular complexity index is 416. The van der Waals surface area contributed by atoms with E-state index in [9.17, 15) is 18.0 Å². The van der Waals surface area contributed by atoms with Crippen LogP contribution < -0.4 is 10.6 Å². The largest absolute Gasteiger partial charge is 0.466 e. The van der Waals surface area contributed by atoms with E-state index in [-0.39, 0.29) is 12.0 Å². The van der Waals surface area contributed by atoms with Gasteiger partial charge in [0.05, 0.1) is 13.2 Å². The van der Waals surface area contributed by atoms with Gasteiger partial charge in [-0.25, -0.2) is 0 Å². The van der Waals surface area contributed by atoms with Crippen molar-refractivity contribution in [2.45, 2.75) is 45.3 Å². The van der Waals surface area contributed by atoms with Gasteiger partial charge in [-0.2, -0.15) is 13.2 Å². The van der Waals surface area contributed by atoms with E-state index in [1.54, 1.807) is 6.92 Å². The maximum absolute atomic E-state index is 12.4. The van der Waals surface area contributed by atoms with E-state index in [0.717, 1.165) is 0 Å². The number of alkyl halides is 3. The molecule has 0 bridgehead atoms. The van der Waals surface area contributed by atoms with E-state index >= 15 is 0 Å². The van der Waals surface area contributed by atoms with Gasteiger partial charge in [0.25, 0.3) is 0 Å². The third-order valence-electron chi connectivity index (χ3n) is 3.47. The first-order chi connectivity index (χ1) is 11.3. The van der Waals surface area contributed by atoms with Crippen LogP contribution >= 0.6 is 0 Å². The minimum Gasteiger partial charge on any atom is -0.466 e. The minimum atomic E-state index is -4.17. The fraction of sp³-hybridized carbons (Fsp3) is 0.867. The summed E-state index contributed by atoms with van der Waals surface area (Å²) >= 11 is 0. The Kier molecular flexibility index (Phi) is 8.88. The van der Waals surface area contributed by atoms with Gasteiger partial charge >= 0.3 is 12.1 Å². The summed E-state index contributed by atoms with van der Waals surface area (Å²) in [4.78, 5) is 17.0. The number of aliphatic imine (C=N–C) groups is 1. The molecule has 0 saturated carbocycles. The Morgan fingerprint density at radius 3 is 2.75 bits per heavy atom. The smallest absolute Gasteiger partial charge is 0.401 e. The van der Waals surface area contributed by atoms with Gasteiger partial charge in [0.15, 0.2) is 5.96 Å². The number of hydrogen-bond acceptors (Lipinski definition) is 4. The lowest BCUT2D eigenvalue weighted by atomic mass is 10.3. The van der Waals surface area contributed by atoms with E-state index in [1.807, 2.05) is 6.92 Å². The maximum atomic E-state index is 12.4. The van der Waals surface area contributed by atoms with Crippen molar-refractivity contribution < 1.29 is 22.7 Å². The van der Waals surface area contributed by atoms with Gasteiger partial charge in [-0.3, -0.25) is 14.7 Å². The zero-order chi connectivity index (χ0) is 18.0. The number of esters is 1. The zero-order valence-electron chi connectivity index (χ0n) is 14.3. The molecule has 0 aliphatic carbocycles. The number of halogens is 3. The first-order valence-corrected chi connectivity index (χ1v) is 8.33. The molecule has 1 aliphatic heterocycles. The number of rotatable bonds is 8. The Labute approximate surface area is 140 Å². The van der Waals surface area contributed by atoms with E-state index in [2.05, 4.69) is 15.6 Å². The first kappa shape index (κ1) is 20.5. The quantitative estimate of drug-likeness (QED) is 0.300. The van der Waals surface area contributed by atoms with Gasteiger partial charge in [-0.1, -0.05) is 0 Å². The van der Waals surface area contributed by atoms with Crippen LogP contribution in [0.15, 0.2) is 4.99 Å². The van der Waals surface area contributed by atoms with Gasteiger partial charge in [0.2, 0.25) is 0 Å². The Balaban J connectivity index is 2.37. The van der Waals surface area contributed by atoms with Crippen LogP contribution in [0, 0.1) is 0 Å². The number of nitrogens with one attached hydrogen (secondary N) is 2. The molecule has 0 spiro atoms. The summed E-state index contributed by atoms with van der Waals surface area (Å²) < 4.78 is 42.1. The summed E-state index contributed by atoms with van der Waals surface area (Å²) in [5.74, 6) is 0.324. The molecule has 0 aromatic rings. The highest BCUT2D eigenvalue weighted by molar-refractivity contribution is 5.80. The molecule has 1 heterocycles. The van der Waals surface area contributed by atoms with Gasteiger partial charge < -0.3 is 15.4 Å². The number of likely N-dealkylation sites (tertiary alicyclic amines) is 1. The van der Waals surface area contributed by atoms with Crippen molar-refractivity contribution in [3.05, 3.63) is 0 Å². The van der Waals surface area contributed by atoms with Crippen LogP contribution in [0.4, 0.5) is 13.2 Å². The third kappa shape index (κ3) is 8.95. The SMILES string of the molecule is CCNC(=NCCCC(=O)OCC)NC1CCN(CC(F)(F)F)C1. The predicted molar refractivity (Wildman–Crippen MR) is 85.9 cm³/mol. The maximum Gasteiger partial charge on any atom is 0.401 e. The number of carbonyl (C=O) groups excluding carboxylic acids is 1. The average molecular weight is 352 g/mol. The number of guanidine groups is 1. The number of hydrogen-bond donors (Lipinski definition) is 2. The molecule has 6 nitrogen and oxygen atoms in total. The van der Waals surface area contributed by atoms with Gasteiger partial charge in [0, 0.05) is 38.6 Å².